The number of hydrogen-bond acceptors (Lipinski definition) is 3. The molecule has 2 nitrogen and oxygen atoms in total. The molecule has 1 heterocycles. The van der Waals surface area contributed by atoms with Crippen LogP contribution in [0.2, 0.25) is 0 Å². The topological polar surface area (TPSA) is 24.9 Å². The lowest BCUT2D eigenvalue weighted by Crippen LogP contribution is -2.32. The second-order valence-corrected chi connectivity index (χ2v) is 4.64. The average Bonchev–Trinajstić information content (AvgIpc) is 2.85. The summed E-state index contributed by atoms with van der Waals surface area (Å²) in [5.41, 5.74) is 1.92. The van der Waals surface area contributed by atoms with Crippen LogP contribution in [-0.4, -0.2) is 17.6 Å². The van der Waals surface area contributed by atoms with Gasteiger partial charge in [-0.05, 0) is 31.7 Å². The van der Waals surface area contributed by atoms with Crippen molar-refractivity contribution >= 4 is 11.3 Å². The highest BCUT2D eigenvalue weighted by Gasteiger charge is 2.30. The smallest absolute Gasteiger partial charge is 0.0794 e. The summed E-state index contributed by atoms with van der Waals surface area (Å²) in [6, 6.07) is 0.699. The predicted octanol–water partition coefficient (Wildman–Crippen LogP) is 2.07. The van der Waals surface area contributed by atoms with E-state index in [0.717, 1.165) is 12.5 Å². The third kappa shape index (κ3) is 2.51. The van der Waals surface area contributed by atoms with E-state index in [1.165, 1.54) is 24.1 Å². The molecule has 13 heavy (non-hydrogen) atoms. The highest BCUT2D eigenvalue weighted by molar-refractivity contribution is 7.09. The molecule has 1 fully saturated rings. The van der Waals surface area contributed by atoms with Crippen molar-refractivity contribution in [3.8, 4) is 0 Å². The largest absolute Gasteiger partial charge is 0.314 e. The fourth-order valence-electron chi connectivity index (χ4n) is 1.73. The van der Waals surface area contributed by atoms with E-state index >= 15 is 0 Å². The van der Waals surface area contributed by atoms with Crippen molar-refractivity contribution in [1.29, 1.82) is 0 Å². The van der Waals surface area contributed by atoms with Gasteiger partial charge in [-0.2, -0.15) is 0 Å². The van der Waals surface area contributed by atoms with Crippen molar-refractivity contribution in [2.75, 3.05) is 6.54 Å². The molecule has 0 saturated heterocycles. The molecule has 1 N–H and O–H groups in total. The van der Waals surface area contributed by atoms with Crippen molar-refractivity contribution in [3.05, 3.63) is 16.6 Å². The zero-order valence-electron chi connectivity index (χ0n) is 7.99. The Kier molecular flexibility index (Phi) is 2.96. The minimum absolute atomic E-state index is 0.699. The number of hydrogen-bond donors (Lipinski definition) is 1. The molecule has 0 spiro atoms. The minimum atomic E-state index is 0.699. The third-order valence-electron chi connectivity index (χ3n) is 2.56. The molecule has 3 heteroatoms. The first kappa shape index (κ1) is 9.16. The summed E-state index contributed by atoms with van der Waals surface area (Å²) in [6.07, 6.45) is 5.99. The highest BCUT2D eigenvalue weighted by Crippen LogP contribution is 2.34. The standard InChI is InChI=1S/C10H16N2S/c1-2-12-10(8-3-4-8)5-9-6-11-7-13-9/h6-8,10,12H,2-5H2,1H3. The lowest BCUT2D eigenvalue weighted by atomic mass is 10.1. The van der Waals surface area contributed by atoms with Gasteiger partial charge in [-0.15, -0.1) is 11.3 Å². The number of nitrogens with one attached hydrogen (secondary N) is 1. The summed E-state index contributed by atoms with van der Waals surface area (Å²) < 4.78 is 0. The number of rotatable bonds is 5. The minimum Gasteiger partial charge on any atom is -0.314 e. The summed E-state index contributed by atoms with van der Waals surface area (Å²) in [6.45, 7) is 3.27. The zero-order valence-corrected chi connectivity index (χ0v) is 8.81. The molecule has 0 aliphatic heterocycles. The first-order valence-corrected chi connectivity index (χ1v) is 5.89. The first-order chi connectivity index (χ1) is 6.40. The van der Waals surface area contributed by atoms with Gasteiger partial charge in [0.05, 0.1) is 5.51 Å². The molecule has 1 saturated carbocycles. The maximum Gasteiger partial charge on any atom is 0.0794 e. The second-order valence-electron chi connectivity index (χ2n) is 3.67. The van der Waals surface area contributed by atoms with E-state index in [2.05, 4.69) is 17.2 Å². The summed E-state index contributed by atoms with van der Waals surface area (Å²) in [5, 5.41) is 3.56. The van der Waals surface area contributed by atoms with Crippen LogP contribution in [-0.2, 0) is 6.42 Å². The summed E-state index contributed by atoms with van der Waals surface area (Å²) >= 11 is 1.77. The Hall–Kier alpha value is -0.410. The van der Waals surface area contributed by atoms with Gasteiger partial charge < -0.3 is 5.32 Å². The molecule has 1 unspecified atom stereocenters. The van der Waals surface area contributed by atoms with Gasteiger partial charge in [-0.25, -0.2) is 0 Å². The maximum absolute atomic E-state index is 4.11. The Balaban J connectivity index is 1.89. The van der Waals surface area contributed by atoms with Gasteiger partial charge in [-0.3, -0.25) is 4.98 Å². The Morgan fingerprint density at radius 3 is 3.08 bits per heavy atom. The van der Waals surface area contributed by atoms with Crippen LogP contribution in [0.25, 0.3) is 0 Å². The van der Waals surface area contributed by atoms with Crippen LogP contribution in [0.15, 0.2) is 11.7 Å². The van der Waals surface area contributed by atoms with Crippen molar-refractivity contribution in [2.24, 2.45) is 5.92 Å². The van der Waals surface area contributed by atoms with E-state index in [0.29, 0.717) is 6.04 Å². The summed E-state index contributed by atoms with van der Waals surface area (Å²) in [4.78, 5) is 5.52. The van der Waals surface area contributed by atoms with Crippen LogP contribution in [0.5, 0.6) is 0 Å². The van der Waals surface area contributed by atoms with Gasteiger partial charge in [0.15, 0.2) is 0 Å². The van der Waals surface area contributed by atoms with E-state index in [1.54, 1.807) is 11.3 Å². The second kappa shape index (κ2) is 4.20. The Labute approximate surface area is 83.4 Å². The van der Waals surface area contributed by atoms with Crippen molar-refractivity contribution in [1.82, 2.24) is 10.3 Å². The quantitative estimate of drug-likeness (QED) is 0.780. The van der Waals surface area contributed by atoms with E-state index < -0.39 is 0 Å². The predicted molar refractivity (Wildman–Crippen MR) is 56.0 cm³/mol. The molecular formula is C10H16N2S. The molecule has 0 amide bonds. The number of thiazole rings is 1. The SMILES string of the molecule is CCNC(Cc1cncs1)C1CC1. The van der Waals surface area contributed by atoms with Crippen LogP contribution >= 0.6 is 11.3 Å². The molecule has 0 bridgehead atoms. The van der Waals surface area contributed by atoms with E-state index in [4.69, 9.17) is 0 Å². The highest BCUT2D eigenvalue weighted by atomic mass is 32.1. The molecule has 72 valence electrons. The molecule has 1 aromatic heterocycles. The Morgan fingerprint density at radius 2 is 2.54 bits per heavy atom. The number of nitrogens with zero attached hydrogens (tertiary/aromatic N) is 1. The first-order valence-electron chi connectivity index (χ1n) is 5.01. The van der Waals surface area contributed by atoms with Gasteiger partial charge >= 0.3 is 0 Å². The fourth-order valence-corrected chi connectivity index (χ4v) is 2.38. The Bertz CT molecular complexity index is 241. The van der Waals surface area contributed by atoms with E-state index in [9.17, 15) is 0 Å². The van der Waals surface area contributed by atoms with Gasteiger partial charge in [0.2, 0.25) is 0 Å². The van der Waals surface area contributed by atoms with E-state index in [-0.39, 0.29) is 0 Å². The van der Waals surface area contributed by atoms with Crippen molar-refractivity contribution in [2.45, 2.75) is 32.2 Å². The van der Waals surface area contributed by atoms with Crippen LogP contribution in [0.1, 0.15) is 24.6 Å². The molecule has 1 atom stereocenters. The molecule has 1 aliphatic carbocycles. The number of aromatic nitrogens is 1. The molecule has 2 rings (SSSR count). The Morgan fingerprint density at radius 1 is 1.69 bits per heavy atom. The average molecular weight is 196 g/mol. The number of likely N-dealkylation sites (N-methyl/N-ethyl adjacent to an activating group) is 1. The fraction of sp³-hybridized carbons (Fsp3) is 0.700. The van der Waals surface area contributed by atoms with Crippen LogP contribution < -0.4 is 5.32 Å². The maximum atomic E-state index is 4.11. The van der Waals surface area contributed by atoms with Crippen LogP contribution in [0.3, 0.4) is 0 Å². The van der Waals surface area contributed by atoms with Gasteiger partial charge in [-0.1, -0.05) is 6.92 Å². The zero-order chi connectivity index (χ0) is 9.10. The molecule has 0 radical (unpaired) electrons. The molecule has 1 aromatic rings. The van der Waals surface area contributed by atoms with Crippen molar-refractivity contribution < 1.29 is 0 Å². The van der Waals surface area contributed by atoms with Gasteiger partial charge in [0.1, 0.15) is 0 Å². The summed E-state index contributed by atoms with van der Waals surface area (Å²) in [7, 11) is 0. The van der Waals surface area contributed by atoms with Crippen LogP contribution in [0.4, 0.5) is 0 Å². The summed E-state index contributed by atoms with van der Waals surface area (Å²) in [5.74, 6) is 0.932. The van der Waals surface area contributed by atoms with Crippen LogP contribution in [0, 0.1) is 5.92 Å². The van der Waals surface area contributed by atoms with Crippen molar-refractivity contribution in [3.63, 3.8) is 0 Å². The lowest BCUT2D eigenvalue weighted by molar-refractivity contribution is 0.475. The van der Waals surface area contributed by atoms with Gasteiger partial charge in [0, 0.05) is 17.1 Å². The molecule has 1 aliphatic rings. The monoisotopic (exact) mass is 196 g/mol. The third-order valence-corrected chi connectivity index (χ3v) is 3.36. The lowest BCUT2D eigenvalue weighted by Gasteiger charge is -2.15. The molecular weight excluding hydrogens is 180 g/mol. The van der Waals surface area contributed by atoms with E-state index in [1.807, 2.05) is 11.7 Å². The van der Waals surface area contributed by atoms with Gasteiger partial charge in [0.25, 0.3) is 0 Å². The molecule has 0 aromatic carbocycles. The normalized spacial score (nSPS) is 18.8.